The van der Waals surface area contributed by atoms with Crippen LogP contribution in [0, 0.1) is 0 Å². The van der Waals surface area contributed by atoms with Gasteiger partial charge in [0.25, 0.3) is 0 Å². The Balaban J connectivity index is 2.00. The Bertz CT molecular complexity index is 979. The number of aromatic nitrogens is 6. The Kier molecular flexibility index (Phi) is 2.06. The van der Waals surface area contributed by atoms with Crippen LogP contribution in [0.1, 0.15) is 0 Å². The maximum absolute atomic E-state index is 11.6. The Hall–Kier alpha value is -2.96. The molecule has 2 N–H and O–H groups in total. The number of hydrogen-bond acceptors (Lipinski definition) is 4. The minimum absolute atomic E-state index is 0.135. The molecule has 0 fully saturated rings. The maximum atomic E-state index is 11.6. The number of imidazole rings is 2. The van der Waals surface area contributed by atoms with Gasteiger partial charge in [-0.1, -0.05) is 0 Å². The normalized spacial score (nSPS) is 11.4. The summed E-state index contributed by atoms with van der Waals surface area (Å²) in [5.41, 5.74) is 3.84. The Morgan fingerprint density at radius 3 is 2.90 bits per heavy atom. The summed E-state index contributed by atoms with van der Waals surface area (Å²) < 4.78 is 1.56. The first kappa shape index (κ1) is 10.9. The molecule has 1 aromatic carbocycles. The molecule has 4 aromatic rings. The van der Waals surface area contributed by atoms with Crippen molar-refractivity contribution in [2.45, 2.75) is 0 Å². The lowest BCUT2D eigenvalue weighted by atomic mass is 10.3. The second kappa shape index (κ2) is 3.77. The van der Waals surface area contributed by atoms with E-state index in [1.54, 1.807) is 23.9 Å². The number of benzene rings is 1. The highest BCUT2D eigenvalue weighted by Crippen LogP contribution is 2.22. The Morgan fingerprint density at radius 1 is 1.20 bits per heavy atom. The highest BCUT2D eigenvalue weighted by atomic mass is 16.1. The number of rotatable bonds is 1. The number of aryl methyl sites for hydroxylation is 1. The molecule has 0 bridgehead atoms. The zero-order valence-corrected chi connectivity index (χ0v) is 10.6. The van der Waals surface area contributed by atoms with Gasteiger partial charge in [0.1, 0.15) is 12.0 Å². The average molecular weight is 266 g/mol. The van der Waals surface area contributed by atoms with Crippen LogP contribution in [0.4, 0.5) is 0 Å². The summed E-state index contributed by atoms with van der Waals surface area (Å²) in [5.74, 6) is 0.681. The number of aromatic amines is 2. The molecule has 0 atom stereocenters. The zero-order chi connectivity index (χ0) is 13.7. The third-order valence-electron chi connectivity index (χ3n) is 3.33. The van der Waals surface area contributed by atoms with Crippen molar-refractivity contribution in [1.82, 2.24) is 29.5 Å². The van der Waals surface area contributed by atoms with Gasteiger partial charge >= 0.3 is 5.69 Å². The van der Waals surface area contributed by atoms with Gasteiger partial charge in [-0.3, -0.25) is 4.57 Å². The molecule has 7 heteroatoms. The van der Waals surface area contributed by atoms with Gasteiger partial charge in [-0.15, -0.1) is 0 Å². The highest BCUT2D eigenvalue weighted by Gasteiger charge is 2.10. The van der Waals surface area contributed by atoms with Gasteiger partial charge in [0, 0.05) is 13.2 Å². The van der Waals surface area contributed by atoms with Crippen molar-refractivity contribution in [2.75, 3.05) is 0 Å². The molecule has 0 aliphatic carbocycles. The van der Waals surface area contributed by atoms with Crippen LogP contribution in [0.3, 0.4) is 0 Å². The first-order valence-corrected chi connectivity index (χ1v) is 6.07. The van der Waals surface area contributed by atoms with Crippen LogP contribution in [-0.2, 0) is 7.05 Å². The summed E-state index contributed by atoms with van der Waals surface area (Å²) in [4.78, 5) is 30.1. The monoisotopic (exact) mass is 266 g/mol. The van der Waals surface area contributed by atoms with E-state index in [4.69, 9.17) is 0 Å². The molecule has 0 aliphatic rings. The molecule has 0 amide bonds. The van der Waals surface area contributed by atoms with E-state index >= 15 is 0 Å². The summed E-state index contributed by atoms with van der Waals surface area (Å²) in [6.07, 6.45) is 3.15. The van der Waals surface area contributed by atoms with Crippen LogP contribution in [-0.4, -0.2) is 29.5 Å². The summed E-state index contributed by atoms with van der Waals surface area (Å²) >= 11 is 0. The number of nitrogens with one attached hydrogen (secondary N) is 2. The molecule has 98 valence electrons. The molecule has 0 saturated heterocycles. The smallest absolute Gasteiger partial charge is 0.326 e. The van der Waals surface area contributed by atoms with Crippen molar-refractivity contribution in [3.63, 3.8) is 0 Å². The van der Waals surface area contributed by atoms with Crippen molar-refractivity contribution in [3.05, 3.63) is 41.2 Å². The van der Waals surface area contributed by atoms with Crippen LogP contribution in [0.2, 0.25) is 0 Å². The van der Waals surface area contributed by atoms with Crippen LogP contribution >= 0.6 is 0 Å². The summed E-state index contributed by atoms with van der Waals surface area (Å²) in [6, 6.07) is 5.55. The van der Waals surface area contributed by atoms with E-state index in [9.17, 15) is 4.79 Å². The summed E-state index contributed by atoms with van der Waals surface area (Å²) in [6.45, 7) is 0. The predicted octanol–water partition coefficient (Wildman–Crippen LogP) is 1.20. The molecular weight excluding hydrogens is 256 g/mol. The molecule has 0 spiro atoms. The fourth-order valence-electron chi connectivity index (χ4n) is 2.28. The van der Waals surface area contributed by atoms with Gasteiger partial charge in [0.05, 0.1) is 22.1 Å². The van der Waals surface area contributed by atoms with Gasteiger partial charge < -0.3 is 9.97 Å². The van der Waals surface area contributed by atoms with Crippen LogP contribution < -0.4 is 5.69 Å². The first-order valence-electron chi connectivity index (χ1n) is 6.07. The lowest BCUT2D eigenvalue weighted by Gasteiger charge is -1.92. The number of hydrogen-bond donors (Lipinski definition) is 2. The Labute approximate surface area is 112 Å². The van der Waals surface area contributed by atoms with Crippen molar-refractivity contribution in [2.24, 2.45) is 7.05 Å². The largest absolute Gasteiger partial charge is 0.337 e. The second-order valence-corrected chi connectivity index (χ2v) is 4.56. The standard InChI is InChI=1S/C13H10N6O/c1-19-11-5-9-8(4-10(11)18-13(19)20)16-12(17-9)7-2-3-14-6-15-7/h2-6H,1H3,(H,16,17)(H,18,20). The Morgan fingerprint density at radius 2 is 2.10 bits per heavy atom. The molecule has 3 aromatic heterocycles. The molecule has 0 radical (unpaired) electrons. The third-order valence-corrected chi connectivity index (χ3v) is 3.33. The molecular formula is C13H10N6O. The van der Waals surface area contributed by atoms with E-state index in [2.05, 4.69) is 24.9 Å². The lowest BCUT2D eigenvalue weighted by molar-refractivity contribution is 0.892. The van der Waals surface area contributed by atoms with E-state index in [-0.39, 0.29) is 5.69 Å². The van der Waals surface area contributed by atoms with Crippen molar-refractivity contribution in [1.29, 1.82) is 0 Å². The molecule has 20 heavy (non-hydrogen) atoms. The molecule has 3 heterocycles. The quantitative estimate of drug-likeness (QED) is 0.541. The first-order chi connectivity index (χ1) is 9.72. The molecule has 4 rings (SSSR count). The SMILES string of the molecule is Cn1c(=O)[nH]c2cc3[nH]c(-c4ccncn4)nc3cc21. The second-order valence-electron chi connectivity index (χ2n) is 4.56. The predicted molar refractivity (Wildman–Crippen MR) is 74.2 cm³/mol. The fraction of sp³-hybridized carbons (Fsp3) is 0.0769. The zero-order valence-electron chi connectivity index (χ0n) is 10.6. The van der Waals surface area contributed by atoms with E-state index in [1.807, 2.05) is 12.1 Å². The number of fused-ring (bicyclic) bond motifs is 2. The van der Waals surface area contributed by atoms with Gasteiger partial charge in [-0.05, 0) is 18.2 Å². The van der Waals surface area contributed by atoms with Crippen LogP contribution in [0.5, 0.6) is 0 Å². The van der Waals surface area contributed by atoms with Gasteiger partial charge in [-0.25, -0.2) is 19.7 Å². The number of H-pyrrole nitrogens is 2. The van der Waals surface area contributed by atoms with Crippen LogP contribution in [0.15, 0.2) is 35.5 Å². The summed E-state index contributed by atoms with van der Waals surface area (Å²) in [5, 5.41) is 0. The van der Waals surface area contributed by atoms with Crippen LogP contribution in [0.25, 0.3) is 33.6 Å². The maximum Gasteiger partial charge on any atom is 0.326 e. The molecule has 0 aliphatic heterocycles. The average Bonchev–Trinajstić information content (AvgIpc) is 3.00. The summed E-state index contributed by atoms with van der Waals surface area (Å²) in [7, 11) is 1.73. The molecule has 0 saturated carbocycles. The van der Waals surface area contributed by atoms with Crippen molar-refractivity contribution < 1.29 is 0 Å². The van der Waals surface area contributed by atoms with E-state index < -0.39 is 0 Å². The third kappa shape index (κ3) is 1.46. The molecule has 7 nitrogen and oxygen atoms in total. The van der Waals surface area contributed by atoms with Gasteiger partial charge in [-0.2, -0.15) is 0 Å². The van der Waals surface area contributed by atoms with E-state index in [1.165, 1.54) is 6.33 Å². The van der Waals surface area contributed by atoms with Crippen molar-refractivity contribution >= 4 is 22.1 Å². The fourth-order valence-corrected chi connectivity index (χ4v) is 2.28. The lowest BCUT2D eigenvalue weighted by Crippen LogP contribution is -2.11. The highest BCUT2D eigenvalue weighted by molar-refractivity contribution is 5.92. The minimum atomic E-state index is -0.135. The van der Waals surface area contributed by atoms with Crippen molar-refractivity contribution in [3.8, 4) is 11.5 Å². The van der Waals surface area contributed by atoms with E-state index in [0.717, 1.165) is 27.8 Å². The van der Waals surface area contributed by atoms with Gasteiger partial charge in [0.2, 0.25) is 0 Å². The van der Waals surface area contributed by atoms with E-state index in [0.29, 0.717) is 5.82 Å². The topological polar surface area (TPSA) is 92.2 Å². The minimum Gasteiger partial charge on any atom is -0.337 e. The van der Waals surface area contributed by atoms with Gasteiger partial charge in [0.15, 0.2) is 5.82 Å². The molecule has 0 unspecified atom stereocenters. The number of nitrogens with zero attached hydrogens (tertiary/aromatic N) is 4.